The molecule has 3 N–H and O–H groups in total. The van der Waals surface area contributed by atoms with Crippen molar-refractivity contribution in [2.45, 2.75) is 19.4 Å². The van der Waals surface area contributed by atoms with Gasteiger partial charge in [-0.05, 0) is 17.5 Å². The van der Waals surface area contributed by atoms with Crippen LogP contribution in [0.25, 0.3) is 0 Å². The molecule has 0 radical (unpaired) electrons. The molecule has 0 aliphatic carbocycles. The van der Waals surface area contributed by atoms with Crippen LogP contribution in [0.15, 0.2) is 24.3 Å². The highest BCUT2D eigenvalue weighted by atomic mass is 16.5. The number of urea groups is 1. The Morgan fingerprint density at radius 3 is 2.55 bits per heavy atom. The SMILES string of the molecule is COCCCNC(=O)NCc1ccccc1CC(=O)O. The van der Waals surface area contributed by atoms with Gasteiger partial charge in [0.25, 0.3) is 0 Å². The van der Waals surface area contributed by atoms with Gasteiger partial charge in [0.05, 0.1) is 6.42 Å². The summed E-state index contributed by atoms with van der Waals surface area (Å²) in [6.07, 6.45) is 0.701. The standard InChI is InChI=1S/C14H20N2O4/c1-20-8-4-7-15-14(19)16-10-12-6-3-2-5-11(12)9-13(17)18/h2-3,5-6H,4,7-10H2,1H3,(H,17,18)(H2,15,16,19). The quantitative estimate of drug-likeness (QED) is 0.623. The third-order valence-electron chi connectivity index (χ3n) is 2.71. The predicted octanol–water partition coefficient (Wildman–Crippen LogP) is 1.15. The third kappa shape index (κ3) is 6.19. The molecular weight excluding hydrogens is 260 g/mol. The molecule has 0 aromatic heterocycles. The smallest absolute Gasteiger partial charge is 0.315 e. The fourth-order valence-electron chi connectivity index (χ4n) is 1.72. The number of nitrogens with one attached hydrogen (secondary N) is 2. The van der Waals surface area contributed by atoms with E-state index in [0.717, 1.165) is 12.0 Å². The Bertz CT molecular complexity index is 449. The van der Waals surface area contributed by atoms with Crippen LogP contribution in [-0.2, 0) is 22.5 Å². The van der Waals surface area contributed by atoms with Crippen LogP contribution in [0.4, 0.5) is 4.79 Å². The minimum absolute atomic E-state index is 0.0483. The molecular formula is C14H20N2O4. The molecule has 6 heteroatoms. The topological polar surface area (TPSA) is 87.7 Å². The number of carbonyl (C=O) groups excluding carboxylic acids is 1. The lowest BCUT2D eigenvalue weighted by Crippen LogP contribution is -2.36. The van der Waals surface area contributed by atoms with Gasteiger partial charge in [0.15, 0.2) is 0 Å². The van der Waals surface area contributed by atoms with Crippen LogP contribution in [0.3, 0.4) is 0 Å². The largest absolute Gasteiger partial charge is 0.481 e. The lowest BCUT2D eigenvalue weighted by molar-refractivity contribution is -0.136. The van der Waals surface area contributed by atoms with E-state index in [4.69, 9.17) is 9.84 Å². The van der Waals surface area contributed by atoms with E-state index in [1.54, 1.807) is 19.2 Å². The number of hydrogen-bond donors (Lipinski definition) is 3. The molecule has 1 rings (SSSR count). The summed E-state index contributed by atoms with van der Waals surface area (Å²) in [4.78, 5) is 22.3. The predicted molar refractivity (Wildman–Crippen MR) is 74.5 cm³/mol. The van der Waals surface area contributed by atoms with E-state index < -0.39 is 5.97 Å². The van der Waals surface area contributed by atoms with Gasteiger partial charge >= 0.3 is 12.0 Å². The minimum atomic E-state index is -0.888. The first-order valence-electron chi connectivity index (χ1n) is 6.42. The molecule has 1 aromatic carbocycles. The summed E-state index contributed by atoms with van der Waals surface area (Å²) in [6, 6.07) is 6.89. The molecule has 0 unspecified atom stereocenters. The van der Waals surface area contributed by atoms with Crippen molar-refractivity contribution in [3.8, 4) is 0 Å². The van der Waals surface area contributed by atoms with E-state index in [1.165, 1.54) is 0 Å². The van der Waals surface area contributed by atoms with Crippen molar-refractivity contribution in [3.05, 3.63) is 35.4 Å². The molecule has 0 saturated carbocycles. The minimum Gasteiger partial charge on any atom is -0.481 e. The van der Waals surface area contributed by atoms with Crippen molar-refractivity contribution in [2.75, 3.05) is 20.3 Å². The van der Waals surface area contributed by atoms with Gasteiger partial charge in [-0.3, -0.25) is 4.79 Å². The molecule has 0 fully saturated rings. The lowest BCUT2D eigenvalue weighted by Gasteiger charge is -2.10. The monoisotopic (exact) mass is 280 g/mol. The number of ether oxygens (including phenoxy) is 1. The van der Waals surface area contributed by atoms with Gasteiger partial charge in [0.1, 0.15) is 0 Å². The van der Waals surface area contributed by atoms with Gasteiger partial charge in [-0.25, -0.2) is 4.79 Å². The molecule has 2 amide bonds. The van der Waals surface area contributed by atoms with Crippen LogP contribution in [0.1, 0.15) is 17.5 Å². The molecule has 1 aromatic rings. The fourth-order valence-corrected chi connectivity index (χ4v) is 1.72. The Labute approximate surface area is 118 Å². The number of carboxylic acids is 1. The Hall–Kier alpha value is -2.08. The lowest BCUT2D eigenvalue weighted by atomic mass is 10.0. The average Bonchev–Trinajstić information content (AvgIpc) is 2.42. The van der Waals surface area contributed by atoms with Crippen molar-refractivity contribution in [3.63, 3.8) is 0 Å². The molecule has 0 saturated heterocycles. The van der Waals surface area contributed by atoms with Crippen molar-refractivity contribution < 1.29 is 19.4 Å². The van der Waals surface area contributed by atoms with Crippen molar-refractivity contribution >= 4 is 12.0 Å². The van der Waals surface area contributed by atoms with Gasteiger partial charge in [-0.15, -0.1) is 0 Å². The number of benzene rings is 1. The Kier molecular flexibility index (Phi) is 7.13. The summed E-state index contributed by atoms with van der Waals surface area (Å²) >= 11 is 0. The Morgan fingerprint density at radius 2 is 1.90 bits per heavy atom. The number of rotatable bonds is 8. The maximum absolute atomic E-state index is 11.5. The van der Waals surface area contributed by atoms with Crippen LogP contribution >= 0.6 is 0 Å². The van der Waals surface area contributed by atoms with E-state index in [9.17, 15) is 9.59 Å². The molecule has 0 spiro atoms. The van der Waals surface area contributed by atoms with Gasteiger partial charge < -0.3 is 20.5 Å². The Balaban J connectivity index is 2.41. The van der Waals surface area contributed by atoms with Crippen LogP contribution < -0.4 is 10.6 Å². The van der Waals surface area contributed by atoms with E-state index in [-0.39, 0.29) is 12.5 Å². The van der Waals surface area contributed by atoms with Gasteiger partial charge in [0.2, 0.25) is 0 Å². The van der Waals surface area contributed by atoms with E-state index in [0.29, 0.717) is 25.3 Å². The molecule has 0 aliphatic heterocycles. The van der Waals surface area contributed by atoms with E-state index >= 15 is 0 Å². The third-order valence-corrected chi connectivity index (χ3v) is 2.71. The molecule has 0 heterocycles. The number of hydrogen-bond acceptors (Lipinski definition) is 3. The van der Waals surface area contributed by atoms with Crippen molar-refractivity contribution in [2.24, 2.45) is 0 Å². The average molecular weight is 280 g/mol. The summed E-state index contributed by atoms with van der Waals surface area (Å²) in [5.41, 5.74) is 1.52. The highest BCUT2D eigenvalue weighted by Crippen LogP contribution is 2.09. The maximum atomic E-state index is 11.5. The van der Waals surface area contributed by atoms with Crippen molar-refractivity contribution in [1.82, 2.24) is 10.6 Å². The fraction of sp³-hybridized carbons (Fsp3) is 0.429. The van der Waals surface area contributed by atoms with Crippen LogP contribution in [-0.4, -0.2) is 37.4 Å². The van der Waals surface area contributed by atoms with Gasteiger partial charge in [0, 0.05) is 26.8 Å². The number of carbonyl (C=O) groups is 2. The van der Waals surface area contributed by atoms with E-state index in [1.807, 2.05) is 12.1 Å². The van der Waals surface area contributed by atoms with Crippen molar-refractivity contribution in [1.29, 1.82) is 0 Å². The molecule has 6 nitrogen and oxygen atoms in total. The summed E-state index contributed by atoms with van der Waals surface area (Å²) in [6.45, 7) is 1.44. The zero-order valence-corrected chi connectivity index (χ0v) is 11.5. The summed E-state index contributed by atoms with van der Waals surface area (Å²) in [5, 5.41) is 14.2. The molecule has 110 valence electrons. The Morgan fingerprint density at radius 1 is 1.20 bits per heavy atom. The molecule has 0 atom stereocenters. The van der Waals surface area contributed by atoms with E-state index in [2.05, 4.69) is 10.6 Å². The zero-order chi connectivity index (χ0) is 14.8. The highest BCUT2D eigenvalue weighted by Gasteiger charge is 2.07. The number of carboxylic acid groups (broad SMARTS) is 1. The first kappa shape index (κ1) is 16.0. The first-order chi connectivity index (χ1) is 9.63. The summed E-state index contributed by atoms with van der Waals surface area (Å²) < 4.78 is 4.88. The second-order valence-corrected chi connectivity index (χ2v) is 4.30. The van der Waals surface area contributed by atoms with Gasteiger partial charge in [-0.2, -0.15) is 0 Å². The van der Waals surface area contributed by atoms with Crippen LogP contribution in [0, 0.1) is 0 Å². The maximum Gasteiger partial charge on any atom is 0.315 e. The highest BCUT2D eigenvalue weighted by molar-refractivity contribution is 5.74. The molecule has 0 bridgehead atoms. The molecule has 20 heavy (non-hydrogen) atoms. The summed E-state index contributed by atoms with van der Waals surface area (Å²) in [7, 11) is 1.61. The zero-order valence-electron chi connectivity index (χ0n) is 11.5. The number of aliphatic carboxylic acids is 1. The normalized spacial score (nSPS) is 10.1. The second kappa shape index (κ2) is 8.92. The number of methoxy groups -OCH3 is 1. The number of amides is 2. The second-order valence-electron chi connectivity index (χ2n) is 4.30. The van der Waals surface area contributed by atoms with Crippen LogP contribution in [0.2, 0.25) is 0 Å². The molecule has 0 aliphatic rings. The van der Waals surface area contributed by atoms with Crippen LogP contribution in [0.5, 0.6) is 0 Å². The first-order valence-corrected chi connectivity index (χ1v) is 6.42. The van der Waals surface area contributed by atoms with Gasteiger partial charge in [-0.1, -0.05) is 24.3 Å². The summed E-state index contributed by atoms with van der Waals surface area (Å²) in [5.74, 6) is -0.888.